The second-order valence-electron chi connectivity index (χ2n) is 30.5. The van der Waals surface area contributed by atoms with Crippen LogP contribution in [0.25, 0.3) is 0 Å². The molecular weight excluding hydrogens is 1180 g/mol. The average molecular weight is 1340 g/mol. The molecule has 0 aliphatic rings. The number of amides is 1. The van der Waals surface area contributed by atoms with Crippen LogP contribution >= 0.6 is 7.82 Å². The van der Waals surface area contributed by atoms with Gasteiger partial charge in [-0.2, -0.15) is 0 Å². The number of aliphatic hydroxyl groups excluding tert-OH is 1. The maximum atomic E-state index is 13.1. The fourth-order valence-corrected chi connectivity index (χ4v) is 14.0. The molecule has 0 spiro atoms. The third kappa shape index (κ3) is 78.1. The first-order valence-electron chi connectivity index (χ1n) is 42.4. The summed E-state index contributed by atoms with van der Waals surface area (Å²) in [5.74, 6) is -0.201. The molecule has 0 bridgehead atoms. The molecular formula is C85H167N2O6P. The van der Waals surface area contributed by atoms with Gasteiger partial charge >= 0.3 is 0 Å². The van der Waals surface area contributed by atoms with E-state index >= 15 is 0 Å². The second-order valence-corrected chi connectivity index (χ2v) is 31.9. The minimum absolute atomic E-state index is 0.00688. The summed E-state index contributed by atoms with van der Waals surface area (Å²) in [5, 5.41) is 14.0. The van der Waals surface area contributed by atoms with Crippen molar-refractivity contribution < 1.29 is 32.9 Å². The SMILES string of the molecule is CCCCCCCCCCCCCCCCCCCCCCCC/C=C/CC/C=C/CC/C=C/C(O)C(COP(=O)([O-])OCC[N+](C)(C)C)NC(=O)CCCCCCCCCCCCCCCCCCCCCCCCCCCCCCCCCCCCCCCCCC. The summed E-state index contributed by atoms with van der Waals surface area (Å²) in [4.78, 5) is 25.7. The molecule has 0 aromatic carbocycles. The topological polar surface area (TPSA) is 108 Å². The zero-order valence-electron chi connectivity index (χ0n) is 64.2. The number of hydrogen-bond acceptors (Lipinski definition) is 6. The van der Waals surface area contributed by atoms with E-state index in [1.54, 1.807) is 6.08 Å². The molecule has 3 unspecified atom stereocenters. The van der Waals surface area contributed by atoms with E-state index in [9.17, 15) is 19.4 Å². The minimum atomic E-state index is -4.62. The van der Waals surface area contributed by atoms with Crippen molar-refractivity contribution in [2.24, 2.45) is 0 Å². The van der Waals surface area contributed by atoms with Crippen molar-refractivity contribution >= 4 is 13.7 Å². The number of carbonyl (C=O) groups excluding carboxylic acids is 1. The third-order valence-corrected chi connectivity index (χ3v) is 20.8. The van der Waals surface area contributed by atoms with Crippen LogP contribution in [-0.2, 0) is 18.4 Å². The summed E-state index contributed by atoms with van der Waals surface area (Å²) in [7, 11) is 1.26. The standard InChI is InChI=1S/C85H167N2O6P/c1-6-8-10-12-14-16-18-20-22-24-26-28-30-32-34-36-38-40-41-42-43-44-45-46-47-49-51-53-55-57-59-61-63-65-67-69-71-73-75-77-79-85(89)86-83(82-93-94(90,91)92-81-80-87(3,4)5)84(88)78-76-74-72-70-68-66-64-62-60-58-56-54-52-50-48-39-37-35-33-31-29-27-25-23-21-19-17-15-13-11-9-7-2/h60,62,68,70,76,78,83-84,88H,6-59,61,63-67,69,71-75,77,79-82H2,1-5H3,(H-,86,89,90,91)/b62-60+,70-68+,78-76+. The van der Waals surface area contributed by atoms with Gasteiger partial charge in [-0.15, -0.1) is 0 Å². The summed E-state index contributed by atoms with van der Waals surface area (Å²) < 4.78 is 23.5. The molecule has 0 radical (unpaired) electrons. The van der Waals surface area contributed by atoms with E-state index in [-0.39, 0.29) is 12.5 Å². The summed E-state index contributed by atoms with van der Waals surface area (Å²) in [6, 6.07) is -0.911. The molecule has 0 aliphatic heterocycles. The molecule has 0 saturated carbocycles. The van der Waals surface area contributed by atoms with E-state index in [2.05, 4.69) is 43.5 Å². The van der Waals surface area contributed by atoms with Crippen molar-refractivity contribution in [3.63, 3.8) is 0 Å². The zero-order valence-corrected chi connectivity index (χ0v) is 65.1. The minimum Gasteiger partial charge on any atom is -0.756 e. The van der Waals surface area contributed by atoms with E-state index in [1.165, 1.54) is 385 Å². The summed E-state index contributed by atoms with van der Waals surface area (Å²) in [6.07, 6.45) is 104. The van der Waals surface area contributed by atoms with Crippen LogP contribution in [0.3, 0.4) is 0 Å². The normalized spacial score (nSPS) is 13.6. The van der Waals surface area contributed by atoms with Crippen LogP contribution in [0.5, 0.6) is 0 Å². The van der Waals surface area contributed by atoms with Gasteiger partial charge in [-0.1, -0.05) is 436 Å². The monoisotopic (exact) mass is 1340 g/mol. The van der Waals surface area contributed by atoms with Crippen LogP contribution in [0.15, 0.2) is 36.5 Å². The number of carbonyl (C=O) groups is 1. The number of phosphoric acid groups is 1. The first kappa shape index (κ1) is 92.7. The van der Waals surface area contributed by atoms with Crippen molar-refractivity contribution in [2.45, 2.75) is 463 Å². The Kier molecular flexibility index (Phi) is 74.9. The highest BCUT2D eigenvalue weighted by Gasteiger charge is 2.23. The Balaban J connectivity index is 3.94. The molecule has 0 heterocycles. The molecule has 0 aromatic heterocycles. The second kappa shape index (κ2) is 75.9. The van der Waals surface area contributed by atoms with Crippen LogP contribution in [0.4, 0.5) is 0 Å². The summed E-state index contributed by atoms with van der Waals surface area (Å²) in [6.45, 7) is 4.70. The quantitative estimate of drug-likeness (QED) is 0.0272. The predicted molar refractivity (Wildman–Crippen MR) is 413 cm³/mol. The Morgan fingerprint density at radius 2 is 0.596 bits per heavy atom. The van der Waals surface area contributed by atoms with Crippen LogP contribution in [0.1, 0.15) is 450 Å². The smallest absolute Gasteiger partial charge is 0.268 e. The highest BCUT2D eigenvalue weighted by atomic mass is 31.2. The molecule has 2 N–H and O–H groups in total. The lowest BCUT2D eigenvalue weighted by molar-refractivity contribution is -0.870. The zero-order chi connectivity index (χ0) is 68.3. The van der Waals surface area contributed by atoms with E-state index in [1.807, 2.05) is 27.2 Å². The molecule has 9 heteroatoms. The highest BCUT2D eigenvalue weighted by molar-refractivity contribution is 7.45. The van der Waals surface area contributed by atoms with E-state index in [0.29, 0.717) is 17.4 Å². The molecule has 8 nitrogen and oxygen atoms in total. The third-order valence-electron chi connectivity index (χ3n) is 19.8. The van der Waals surface area contributed by atoms with Gasteiger partial charge in [0, 0.05) is 6.42 Å². The van der Waals surface area contributed by atoms with Crippen molar-refractivity contribution in [3.05, 3.63) is 36.5 Å². The van der Waals surface area contributed by atoms with Crippen molar-refractivity contribution in [1.82, 2.24) is 5.32 Å². The Morgan fingerprint density at radius 3 is 0.862 bits per heavy atom. The van der Waals surface area contributed by atoms with Gasteiger partial charge in [-0.3, -0.25) is 9.36 Å². The number of unbranched alkanes of at least 4 members (excludes halogenated alkanes) is 63. The number of nitrogens with zero attached hydrogens (tertiary/aromatic N) is 1. The molecule has 3 atom stereocenters. The predicted octanol–water partition coefficient (Wildman–Crippen LogP) is 27.3. The molecule has 0 aromatic rings. The Morgan fingerprint density at radius 1 is 0.362 bits per heavy atom. The van der Waals surface area contributed by atoms with Gasteiger partial charge < -0.3 is 28.8 Å². The van der Waals surface area contributed by atoms with Gasteiger partial charge in [0.1, 0.15) is 13.2 Å². The fraction of sp³-hybridized carbons (Fsp3) is 0.918. The number of likely N-dealkylation sites (N-methyl/N-ethyl adjacent to an activating group) is 1. The number of rotatable bonds is 80. The van der Waals surface area contributed by atoms with Crippen LogP contribution in [-0.4, -0.2) is 68.5 Å². The molecule has 0 fully saturated rings. The van der Waals surface area contributed by atoms with Crippen molar-refractivity contribution in [2.75, 3.05) is 40.9 Å². The molecule has 0 saturated heterocycles. The van der Waals surface area contributed by atoms with E-state index in [4.69, 9.17) is 9.05 Å². The van der Waals surface area contributed by atoms with Gasteiger partial charge in [0.25, 0.3) is 7.82 Å². The fourth-order valence-electron chi connectivity index (χ4n) is 13.3. The van der Waals surface area contributed by atoms with Gasteiger partial charge in [0.2, 0.25) is 5.91 Å². The lowest BCUT2D eigenvalue weighted by Crippen LogP contribution is -2.45. The molecule has 94 heavy (non-hydrogen) atoms. The first-order valence-corrected chi connectivity index (χ1v) is 43.8. The maximum Gasteiger partial charge on any atom is 0.268 e. The number of allylic oxidation sites excluding steroid dienone is 5. The first-order chi connectivity index (χ1) is 46.0. The highest BCUT2D eigenvalue weighted by Crippen LogP contribution is 2.38. The van der Waals surface area contributed by atoms with Gasteiger partial charge in [0.05, 0.1) is 39.9 Å². The summed E-state index contributed by atoms with van der Waals surface area (Å²) >= 11 is 0. The molecule has 558 valence electrons. The summed E-state index contributed by atoms with van der Waals surface area (Å²) in [5.41, 5.74) is 0. The number of phosphoric ester groups is 1. The lowest BCUT2D eigenvalue weighted by atomic mass is 10.0. The number of aliphatic hydroxyl groups is 1. The Labute approximate surface area is 588 Å². The largest absolute Gasteiger partial charge is 0.756 e. The average Bonchev–Trinajstić information content (AvgIpc) is 1.27. The van der Waals surface area contributed by atoms with Gasteiger partial charge in [0.15, 0.2) is 0 Å². The van der Waals surface area contributed by atoms with Gasteiger partial charge in [-0.25, -0.2) is 0 Å². The van der Waals surface area contributed by atoms with Crippen molar-refractivity contribution in [1.29, 1.82) is 0 Å². The van der Waals surface area contributed by atoms with Crippen LogP contribution in [0.2, 0.25) is 0 Å². The number of quaternary nitrogens is 1. The van der Waals surface area contributed by atoms with Gasteiger partial charge in [-0.05, 0) is 44.9 Å². The van der Waals surface area contributed by atoms with Crippen LogP contribution in [0, 0.1) is 0 Å². The van der Waals surface area contributed by atoms with Crippen molar-refractivity contribution in [3.8, 4) is 0 Å². The van der Waals surface area contributed by atoms with Crippen LogP contribution < -0.4 is 10.2 Å². The molecule has 0 rings (SSSR count). The molecule has 0 aliphatic carbocycles. The van der Waals surface area contributed by atoms with E-state index < -0.39 is 26.6 Å². The van der Waals surface area contributed by atoms with E-state index in [0.717, 1.165) is 44.9 Å². The Hall–Kier alpha value is -1.28. The lowest BCUT2D eigenvalue weighted by Gasteiger charge is -2.29. The number of hydrogen-bond donors (Lipinski definition) is 2. The Bertz CT molecular complexity index is 1630. The number of nitrogens with one attached hydrogen (secondary N) is 1. The molecule has 1 amide bonds. The maximum absolute atomic E-state index is 13.1.